The molecule has 0 atom stereocenters. The monoisotopic (exact) mass is 197 g/mol. The second kappa shape index (κ2) is 2.64. The van der Waals surface area contributed by atoms with Crippen molar-refractivity contribution < 1.29 is 0 Å². The van der Waals surface area contributed by atoms with Crippen LogP contribution in [0.2, 0.25) is 5.02 Å². The number of aryl methyl sites for hydroxylation is 1. The van der Waals surface area contributed by atoms with Crippen LogP contribution in [0.5, 0.6) is 0 Å². The van der Waals surface area contributed by atoms with E-state index in [1.54, 1.807) is 11.3 Å². The fourth-order valence-electron chi connectivity index (χ4n) is 1.28. The summed E-state index contributed by atoms with van der Waals surface area (Å²) in [5.74, 6) is 0. The Kier molecular flexibility index (Phi) is 1.74. The molecule has 3 heteroatoms. The number of nitrogen functional groups attached to an aromatic ring is 1. The van der Waals surface area contributed by atoms with E-state index in [9.17, 15) is 0 Å². The van der Waals surface area contributed by atoms with Crippen LogP contribution < -0.4 is 5.73 Å². The number of halogens is 1. The Bertz CT molecular complexity index is 433. The molecule has 1 heterocycles. The largest absolute Gasteiger partial charge is 0.396 e. The van der Waals surface area contributed by atoms with E-state index >= 15 is 0 Å². The van der Waals surface area contributed by atoms with Crippen molar-refractivity contribution in [3.8, 4) is 0 Å². The molecule has 0 spiro atoms. The van der Waals surface area contributed by atoms with Crippen molar-refractivity contribution in [2.75, 3.05) is 5.73 Å². The Labute approximate surface area is 79.8 Å². The van der Waals surface area contributed by atoms with Gasteiger partial charge in [0.05, 0.1) is 15.4 Å². The molecule has 2 aromatic rings. The highest BCUT2D eigenvalue weighted by Gasteiger charge is 2.06. The van der Waals surface area contributed by atoms with E-state index in [4.69, 9.17) is 17.3 Å². The summed E-state index contributed by atoms with van der Waals surface area (Å²) in [5, 5.41) is 3.90. The van der Waals surface area contributed by atoms with Crippen molar-refractivity contribution in [1.29, 1.82) is 0 Å². The summed E-state index contributed by atoms with van der Waals surface area (Å²) < 4.78 is 1.10. The summed E-state index contributed by atoms with van der Waals surface area (Å²) in [7, 11) is 0. The zero-order valence-electron chi connectivity index (χ0n) is 6.60. The maximum Gasteiger partial charge on any atom is 0.0684 e. The van der Waals surface area contributed by atoms with Crippen LogP contribution in [0.4, 0.5) is 5.69 Å². The van der Waals surface area contributed by atoms with Crippen molar-refractivity contribution in [3.63, 3.8) is 0 Å². The maximum absolute atomic E-state index is 5.93. The number of thiophene rings is 1. The predicted molar refractivity (Wildman–Crippen MR) is 56.0 cm³/mol. The molecule has 0 aliphatic heterocycles. The lowest BCUT2D eigenvalue weighted by Gasteiger charge is -2.02. The predicted octanol–water partition coefficient (Wildman–Crippen LogP) is 3.45. The summed E-state index contributed by atoms with van der Waals surface area (Å²) in [6, 6.07) is 3.98. The van der Waals surface area contributed by atoms with Gasteiger partial charge in [-0.15, -0.1) is 11.3 Å². The summed E-state index contributed by atoms with van der Waals surface area (Å²) in [6.07, 6.45) is 0. The summed E-state index contributed by atoms with van der Waals surface area (Å²) in [5.41, 5.74) is 7.70. The van der Waals surface area contributed by atoms with Crippen molar-refractivity contribution in [2.24, 2.45) is 0 Å². The number of anilines is 1. The third-order valence-electron chi connectivity index (χ3n) is 1.94. The molecule has 0 saturated carbocycles. The Hall–Kier alpha value is -0.730. The first-order chi connectivity index (χ1) is 5.70. The van der Waals surface area contributed by atoms with Crippen LogP contribution in [0.15, 0.2) is 17.5 Å². The number of benzene rings is 1. The van der Waals surface area contributed by atoms with Crippen LogP contribution in [0.3, 0.4) is 0 Å². The Morgan fingerprint density at radius 1 is 1.50 bits per heavy atom. The lowest BCUT2D eigenvalue weighted by molar-refractivity contribution is 1.55. The van der Waals surface area contributed by atoms with Gasteiger partial charge in [0.1, 0.15) is 0 Å². The Morgan fingerprint density at radius 3 is 3.00 bits per heavy atom. The van der Waals surface area contributed by atoms with Gasteiger partial charge < -0.3 is 5.73 Å². The van der Waals surface area contributed by atoms with Crippen LogP contribution >= 0.6 is 22.9 Å². The van der Waals surface area contributed by atoms with Gasteiger partial charge in [0.25, 0.3) is 0 Å². The lowest BCUT2D eigenvalue weighted by Crippen LogP contribution is -1.87. The molecular weight excluding hydrogens is 190 g/mol. The van der Waals surface area contributed by atoms with Gasteiger partial charge in [0.15, 0.2) is 0 Å². The van der Waals surface area contributed by atoms with Gasteiger partial charge in [0, 0.05) is 0 Å². The van der Waals surface area contributed by atoms with E-state index in [2.05, 4.69) is 6.07 Å². The first-order valence-corrected chi connectivity index (χ1v) is 4.87. The molecule has 0 radical (unpaired) electrons. The SMILES string of the molecule is Cc1cc(Cl)c(N)c2sccc12. The van der Waals surface area contributed by atoms with E-state index in [1.807, 2.05) is 18.4 Å². The van der Waals surface area contributed by atoms with E-state index in [1.165, 1.54) is 10.9 Å². The van der Waals surface area contributed by atoms with Gasteiger partial charge in [-0.25, -0.2) is 0 Å². The lowest BCUT2D eigenvalue weighted by atomic mass is 10.1. The molecule has 0 fully saturated rings. The van der Waals surface area contributed by atoms with Gasteiger partial charge in [0.2, 0.25) is 0 Å². The van der Waals surface area contributed by atoms with Crippen molar-refractivity contribution in [3.05, 3.63) is 28.1 Å². The molecule has 0 aliphatic rings. The fraction of sp³-hybridized carbons (Fsp3) is 0.111. The molecule has 1 nitrogen and oxygen atoms in total. The highest BCUT2D eigenvalue weighted by atomic mass is 35.5. The van der Waals surface area contributed by atoms with E-state index in [0.29, 0.717) is 10.7 Å². The zero-order valence-corrected chi connectivity index (χ0v) is 8.17. The number of nitrogens with two attached hydrogens (primary N) is 1. The third-order valence-corrected chi connectivity index (χ3v) is 3.20. The second-order valence-corrected chi connectivity index (χ2v) is 4.08. The van der Waals surface area contributed by atoms with Gasteiger partial charge in [-0.2, -0.15) is 0 Å². The van der Waals surface area contributed by atoms with E-state index < -0.39 is 0 Å². The smallest absolute Gasteiger partial charge is 0.0684 e. The fourth-order valence-corrected chi connectivity index (χ4v) is 2.53. The number of rotatable bonds is 0. The number of hydrogen-bond donors (Lipinski definition) is 1. The van der Waals surface area contributed by atoms with Crippen LogP contribution in [-0.2, 0) is 0 Å². The molecule has 2 N–H and O–H groups in total. The van der Waals surface area contributed by atoms with Crippen LogP contribution in [0.25, 0.3) is 10.1 Å². The molecule has 0 bridgehead atoms. The third kappa shape index (κ3) is 0.993. The molecule has 0 saturated heterocycles. The molecule has 0 unspecified atom stereocenters. The summed E-state index contributed by atoms with van der Waals surface area (Å²) in [4.78, 5) is 0. The summed E-state index contributed by atoms with van der Waals surface area (Å²) >= 11 is 7.56. The minimum Gasteiger partial charge on any atom is -0.396 e. The van der Waals surface area contributed by atoms with Crippen LogP contribution in [0, 0.1) is 6.92 Å². The van der Waals surface area contributed by atoms with E-state index in [0.717, 1.165) is 4.70 Å². The number of fused-ring (bicyclic) bond motifs is 1. The van der Waals surface area contributed by atoms with Crippen LogP contribution in [-0.4, -0.2) is 0 Å². The van der Waals surface area contributed by atoms with E-state index in [-0.39, 0.29) is 0 Å². The molecule has 1 aromatic heterocycles. The molecule has 0 amide bonds. The zero-order chi connectivity index (χ0) is 8.72. The van der Waals surface area contributed by atoms with Crippen molar-refractivity contribution >= 4 is 38.7 Å². The normalized spacial score (nSPS) is 10.8. The molecular formula is C9H8ClNS. The second-order valence-electron chi connectivity index (χ2n) is 2.75. The van der Waals surface area contributed by atoms with Crippen molar-refractivity contribution in [1.82, 2.24) is 0 Å². The Balaban J connectivity index is 2.97. The molecule has 62 valence electrons. The number of hydrogen-bond acceptors (Lipinski definition) is 2. The highest BCUT2D eigenvalue weighted by Crippen LogP contribution is 2.34. The molecule has 0 aliphatic carbocycles. The van der Waals surface area contributed by atoms with Crippen LogP contribution in [0.1, 0.15) is 5.56 Å². The van der Waals surface area contributed by atoms with Gasteiger partial charge in [-0.05, 0) is 35.4 Å². The summed E-state index contributed by atoms with van der Waals surface area (Å²) in [6.45, 7) is 2.04. The quantitative estimate of drug-likeness (QED) is 0.644. The highest BCUT2D eigenvalue weighted by molar-refractivity contribution is 7.18. The topological polar surface area (TPSA) is 26.0 Å². The first-order valence-electron chi connectivity index (χ1n) is 3.62. The molecule has 2 rings (SSSR count). The average molecular weight is 198 g/mol. The van der Waals surface area contributed by atoms with Gasteiger partial charge >= 0.3 is 0 Å². The first kappa shape index (κ1) is 7.90. The van der Waals surface area contributed by atoms with Gasteiger partial charge in [-0.3, -0.25) is 0 Å². The molecule has 12 heavy (non-hydrogen) atoms. The minimum atomic E-state index is 0.655. The molecule has 1 aromatic carbocycles. The maximum atomic E-state index is 5.93. The standard InChI is InChI=1S/C9H8ClNS/c1-5-4-7(10)8(11)9-6(5)2-3-12-9/h2-4H,11H2,1H3. The Morgan fingerprint density at radius 2 is 2.25 bits per heavy atom. The van der Waals surface area contributed by atoms with Crippen molar-refractivity contribution in [2.45, 2.75) is 6.92 Å². The average Bonchev–Trinajstić information content (AvgIpc) is 2.48. The minimum absolute atomic E-state index is 0.655. The van der Waals surface area contributed by atoms with Gasteiger partial charge in [-0.1, -0.05) is 11.6 Å².